The van der Waals surface area contributed by atoms with Crippen molar-refractivity contribution in [2.24, 2.45) is 11.3 Å². The monoisotopic (exact) mass is 268 g/mol. The van der Waals surface area contributed by atoms with Gasteiger partial charge in [0.05, 0.1) is 6.04 Å². The summed E-state index contributed by atoms with van der Waals surface area (Å²) in [6.45, 7) is 12.7. The Hall–Kier alpha value is -0.410. The van der Waals surface area contributed by atoms with E-state index in [2.05, 4.69) is 31.1 Å². The second kappa shape index (κ2) is 6.85. The van der Waals surface area contributed by atoms with E-state index in [1.54, 1.807) is 0 Å². The van der Waals surface area contributed by atoms with Crippen molar-refractivity contribution in [3.05, 3.63) is 0 Å². The first-order chi connectivity index (χ1) is 8.70. The molecule has 1 heterocycles. The number of piperidine rings is 1. The first-order valence-corrected chi connectivity index (χ1v) is 7.69. The van der Waals surface area contributed by atoms with Crippen molar-refractivity contribution in [2.45, 2.75) is 66.0 Å². The molecule has 0 radical (unpaired) electrons. The van der Waals surface area contributed by atoms with Gasteiger partial charge in [-0.05, 0) is 45.3 Å². The number of carbonyl (C=O) groups excluding carboxylic acids is 1. The Morgan fingerprint density at radius 1 is 1.26 bits per heavy atom. The van der Waals surface area contributed by atoms with Crippen LogP contribution in [0.5, 0.6) is 0 Å². The molecule has 1 atom stereocenters. The van der Waals surface area contributed by atoms with Crippen LogP contribution in [0.1, 0.15) is 53.9 Å². The maximum absolute atomic E-state index is 12.6. The van der Waals surface area contributed by atoms with Crippen LogP contribution in [0, 0.1) is 11.3 Å². The molecule has 1 fully saturated rings. The van der Waals surface area contributed by atoms with Crippen LogP contribution in [0.15, 0.2) is 0 Å². The van der Waals surface area contributed by atoms with Gasteiger partial charge in [-0.1, -0.05) is 34.6 Å². The highest BCUT2D eigenvalue weighted by atomic mass is 16.1. The summed E-state index contributed by atoms with van der Waals surface area (Å²) in [7, 11) is 2.18. The van der Waals surface area contributed by atoms with Crippen LogP contribution in [0.3, 0.4) is 0 Å². The Labute approximate surface area is 119 Å². The number of nitrogens with zero attached hydrogens (tertiary/aromatic N) is 1. The molecule has 0 aromatic rings. The van der Waals surface area contributed by atoms with Gasteiger partial charge in [0.25, 0.3) is 0 Å². The highest BCUT2D eigenvalue weighted by Crippen LogP contribution is 2.25. The van der Waals surface area contributed by atoms with Crippen LogP contribution in [0.2, 0.25) is 0 Å². The lowest BCUT2D eigenvalue weighted by Gasteiger charge is -2.34. The molecule has 1 rings (SSSR count). The molecule has 0 aliphatic carbocycles. The van der Waals surface area contributed by atoms with Gasteiger partial charge in [0.2, 0.25) is 0 Å². The number of ketones is 1. The van der Waals surface area contributed by atoms with Gasteiger partial charge in [-0.3, -0.25) is 4.79 Å². The summed E-state index contributed by atoms with van der Waals surface area (Å²) in [5.41, 5.74) is -0.252. The van der Waals surface area contributed by atoms with E-state index in [1.165, 1.54) is 25.9 Å². The normalized spacial score (nSPS) is 20.8. The zero-order valence-corrected chi connectivity index (χ0v) is 13.6. The van der Waals surface area contributed by atoms with Gasteiger partial charge >= 0.3 is 0 Å². The predicted octanol–water partition coefficient (Wildman–Crippen LogP) is 2.70. The zero-order chi connectivity index (χ0) is 14.6. The van der Waals surface area contributed by atoms with E-state index in [0.717, 1.165) is 6.42 Å². The molecule has 0 aromatic carbocycles. The first kappa shape index (κ1) is 16.6. The Kier molecular flexibility index (Phi) is 6.00. The third kappa shape index (κ3) is 5.62. The third-order valence-electron chi connectivity index (χ3n) is 4.00. The largest absolute Gasteiger partial charge is 0.306 e. The molecule has 1 aliphatic rings. The van der Waals surface area contributed by atoms with E-state index in [1.807, 2.05) is 20.8 Å². The van der Waals surface area contributed by atoms with E-state index in [9.17, 15) is 4.79 Å². The highest BCUT2D eigenvalue weighted by molar-refractivity contribution is 5.88. The SMILES string of the molecule is CC(C)N[C@@H](CC1CCN(C)CC1)C(=O)C(C)(C)C. The Morgan fingerprint density at radius 3 is 2.21 bits per heavy atom. The molecule has 19 heavy (non-hydrogen) atoms. The lowest BCUT2D eigenvalue weighted by Crippen LogP contribution is -2.47. The fourth-order valence-electron chi connectivity index (χ4n) is 2.81. The molecule has 0 bridgehead atoms. The highest BCUT2D eigenvalue weighted by Gasteiger charge is 2.32. The summed E-state index contributed by atoms with van der Waals surface area (Å²) in [6, 6.07) is 0.385. The Morgan fingerprint density at radius 2 is 1.79 bits per heavy atom. The maximum Gasteiger partial charge on any atom is 0.155 e. The lowest BCUT2D eigenvalue weighted by molar-refractivity contribution is -0.129. The maximum atomic E-state index is 12.6. The van der Waals surface area contributed by atoms with Crippen LogP contribution in [0.25, 0.3) is 0 Å². The van der Waals surface area contributed by atoms with Gasteiger partial charge in [-0.15, -0.1) is 0 Å². The smallest absolute Gasteiger partial charge is 0.155 e. The molecule has 0 aromatic heterocycles. The quantitative estimate of drug-likeness (QED) is 0.832. The van der Waals surface area contributed by atoms with Crippen LogP contribution < -0.4 is 5.32 Å². The molecule has 1 N–H and O–H groups in total. The summed E-state index contributed by atoms with van der Waals surface area (Å²) >= 11 is 0. The van der Waals surface area contributed by atoms with E-state index in [-0.39, 0.29) is 11.5 Å². The summed E-state index contributed by atoms with van der Waals surface area (Å²) in [5.74, 6) is 1.05. The van der Waals surface area contributed by atoms with Gasteiger partial charge in [0.15, 0.2) is 5.78 Å². The number of hydrogen-bond acceptors (Lipinski definition) is 3. The van der Waals surface area contributed by atoms with E-state index < -0.39 is 0 Å². The van der Waals surface area contributed by atoms with Crippen LogP contribution in [-0.2, 0) is 4.79 Å². The Balaban J connectivity index is 2.62. The number of rotatable bonds is 5. The van der Waals surface area contributed by atoms with Crippen molar-refractivity contribution >= 4 is 5.78 Å². The first-order valence-electron chi connectivity index (χ1n) is 7.69. The molecule has 112 valence electrons. The number of likely N-dealkylation sites (tertiary alicyclic amines) is 1. The van der Waals surface area contributed by atoms with Gasteiger partial charge in [0.1, 0.15) is 0 Å². The van der Waals surface area contributed by atoms with Gasteiger partial charge in [0, 0.05) is 11.5 Å². The topological polar surface area (TPSA) is 32.3 Å². The number of nitrogens with one attached hydrogen (secondary N) is 1. The molecule has 0 unspecified atom stereocenters. The standard InChI is InChI=1S/C16H32N2O/c1-12(2)17-14(15(19)16(3,4)5)11-13-7-9-18(6)10-8-13/h12-14,17H,7-11H2,1-6H3/t14-/m0/s1. The van der Waals surface area contributed by atoms with Crippen molar-refractivity contribution in [2.75, 3.05) is 20.1 Å². The Bertz CT molecular complexity index is 286. The number of hydrogen-bond donors (Lipinski definition) is 1. The van der Waals surface area contributed by atoms with E-state index in [4.69, 9.17) is 0 Å². The minimum Gasteiger partial charge on any atom is -0.306 e. The molecule has 3 nitrogen and oxygen atoms in total. The van der Waals surface area contributed by atoms with Crippen molar-refractivity contribution < 1.29 is 4.79 Å². The summed E-state index contributed by atoms with van der Waals surface area (Å²) in [4.78, 5) is 14.9. The van der Waals surface area contributed by atoms with Gasteiger partial charge in [-0.25, -0.2) is 0 Å². The number of carbonyl (C=O) groups is 1. The molecule has 0 saturated carbocycles. The third-order valence-corrected chi connectivity index (χ3v) is 4.00. The fraction of sp³-hybridized carbons (Fsp3) is 0.938. The zero-order valence-electron chi connectivity index (χ0n) is 13.6. The van der Waals surface area contributed by atoms with E-state index in [0.29, 0.717) is 17.7 Å². The molecular formula is C16H32N2O. The second-order valence-corrected chi connectivity index (χ2v) is 7.47. The minimum atomic E-state index is -0.252. The van der Waals surface area contributed by atoms with Crippen LogP contribution >= 0.6 is 0 Å². The fourth-order valence-corrected chi connectivity index (χ4v) is 2.81. The molecule has 0 amide bonds. The van der Waals surface area contributed by atoms with Crippen LogP contribution in [0.4, 0.5) is 0 Å². The second-order valence-electron chi connectivity index (χ2n) is 7.47. The van der Waals surface area contributed by atoms with Crippen LogP contribution in [-0.4, -0.2) is 42.9 Å². The number of Topliss-reactive ketones (excluding diaryl/α,β-unsaturated/α-hetero) is 1. The van der Waals surface area contributed by atoms with Gasteiger partial charge < -0.3 is 10.2 Å². The average Bonchev–Trinajstić information content (AvgIpc) is 2.28. The molecular weight excluding hydrogens is 236 g/mol. The van der Waals surface area contributed by atoms with Crippen molar-refractivity contribution in [1.82, 2.24) is 10.2 Å². The van der Waals surface area contributed by atoms with E-state index >= 15 is 0 Å². The molecule has 1 saturated heterocycles. The van der Waals surface area contributed by atoms with Crippen molar-refractivity contribution in [1.29, 1.82) is 0 Å². The molecule has 0 spiro atoms. The lowest BCUT2D eigenvalue weighted by atomic mass is 9.81. The molecule has 1 aliphatic heterocycles. The predicted molar refractivity (Wildman–Crippen MR) is 81.4 cm³/mol. The minimum absolute atomic E-state index is 0.0217. The molecule has 3 heteroatoms. The summed E-state index contributed by atoms with van der Waals surface area (Å²) < 4.78 is 0. The van der Waals surface area contributed by atoms with Gasteiger partial charge in [-0.2, -0.15) is 0 Å². The summed E-state index contributed by atoms with van der Waals surface area (Å²) in [6.07, 6.45) is 3.45. The van der Waals surface area contributed by atoms with Crippen molar-refractivity contribution in [3.8, 4) is 0 Å². The average molecular weight is 268 g/mol. The van der Waals surface area contributed by atoms with Crippen molar-refractivity contribution in [3.63, 3.8) is 0 Å². The summed E-state index contributed by atoms with van der Waals surface area (Å²) in [5, 5.41) is 3.48.